The van der Waals surface area contributed by atoms with Crippen molar-refractivity contribution < 1.29 is 12.8 Å². The molecular formula is C9H9FN2O2S. The van der Waals surface area contributed by atoms with Gasteiger partial charge in [0.05, 0.1) is 6.20 Å². The van der Waals surface area contributed by atoms with Crippen LogP contribution in [0.2, 0.25) is 0 Å². The molecule has 2 aromatic rings. The number of nitrogens with zero attached hydrogens (tertiary/aromatic N) is 2. The van der Waals surface area contributed by atoms with Crippen LogP contribution in [0.4, 0.5) is 4.39 Å². The van der Waals surface area contributed by atoms with Crippen LogP contribution in [0.3, 0.4) is 0 Å². The molecule has 6 heteroatoms. The van der Waals surface area contributed by atoms with Gasteiger partial charge in [-0.25, -0.2) is 17.8 Å². The lowest BCUT2D eigenvalue weighted by atomic mass is 10.3. The molecule has 80 valence electrons. The van der Waals surface area contributed by atoms with Gasteiger partial charge < -0.3 is 0 Å². The molecule has 0 atom stereocenters. The molecule has 2 heterocycles. The van der Waals surface area contributed by atoms with E-state index >= 15 is 0 Å². The van der Waals surface area contributed by atoms with Crippen LogP contribution in [0.15, 0.2) is 23.5 Å². The number of sulfone groups is 1. The van der Waals surface area contributed by atoms with E-state index < -0.39 is 15.7 Å². The summed E-state index contributed by atoms with van der Waals surface area (Å²) in [6.45, 7) is 1.68. The fourth-order valence-electron chi connectivity index (χ4n) is 1.47. The first-order valence-electron chi connectivity index (χ1n) is 4.23. The minimum atomic E-state index is -3.39. The zero-order valence-corrected chi connectivity index (χ0v) is 9.05. The summed E-state index contributed by atoms with van der Waals surface area (Å²) in [5.74, 6) is -0.483. The van der Waals surface area contributed by atoms with Crippen molar-refractivity contribution in [2.45, 2.75) is 11.9 Å². The highest BCUT2D eigenvalue weighted by Crippen LogP contribution is 2.16. The molecule has 0 fully saturated rings. The van der Waals surface area contributed by atoms with Gasteiger partial charge in [-0.3, -0.25) is 4.40 Å². The van der Waals surface area contributed by atoms with Gasteiger partial charge in [0.15, 0.2) is 14.9 Å². The lowest BCUT2D eigenvalue weighted by Gasteiger charge is -2.01. The van der Waals surface area contributed by atoms with E-state index in [9.17, 15) is 12.8 Å². The molecule has 4 nitrogen and oxygen atoms in total. The number of imidazole rings is 1. The first-order valence-corrected chi connectivity index (χ1v) is 6.12. The average Bonchev–Trinajstić information content (AvgIpc) is 2.45. The molecule has 0 spiro atoms. The van der Waals surface area contributed by atoms with Crippen molar-refractivity contribution in [1.82, 2.24) is 9.38 Å². The maximum atomic E-state index is 13.1. The first kappa shape index (κ1) is 10.1. The number of halogens is 1. The highest BCUT2D eigenvalue weighted by molar-refractivity contribution is 7.90. The Bertz CT molecular complexity index is 631. The second-order valence-electron chi connectivity index (χ2n) is 3.40. The predicted molar refractivity (Wildman–Crippen MR) is 53.0 cm³/mol. The average molecular weight is 228 g/mol. The van der Waals surface area contributed by atoms with E-state index in [-0.39, 0.29) is 5.03 Å². The van der Waals surface area contributed by atoms with Crippen molar-refractivity contribution in [3.05, 3.63) is 29.8 Å². The fraction of sp³-hybridized carbons (Fsp3) is 0.222. The summed E-state index contributed by atoms with van der Waals surface area (Å²) in [6.07, 6.45) is 3.42. The number of pyridine rings is 1. The Kier molecular flexibility index (Phi) is 2.04. The molecule has 2 aromatic heterocycles. The zero-order valence-electron chi connectivity index (χ0n) is 8.23. The molecule has 0 radical (unpaired) electrons. The molecule has 0 amide bonds. The van der Waals surface area contributed by atoms with Crippen LogP contribution in [0.5, 0.6) is 0 Å². The Morgan fingerprint density at radius 1 is 1.47 bits per heavy atom. The van der Waals surface area contributed by atoms with Gasteiger partial charge in [-0.2, -0.15) is 0 Å². The normalized spacial score (nSPS) is 12.2. The van der Waals surface area contributed by atoms with Gasteiger partial charge in [0, 0.05) is 12.5 Å². The molecule has 0 unspecified atom stereocenters. The van der Waals surface area contributed by atoms with Crippen LogP contribution >= 0.6 is 0 Å². The van der Waals surface area contributed by atoms with Crippen LogP contribution in [0.25, 0.3) is 5.65 Å². The molecule has 0 saturated carbocycles. The summed E-state index contributed by atoms with van der Waals surface area (Å²) >= 11 is 0. The molecule has 2 rings (SSSR count). The zero-order chi connectivity index (χ0) is 11.2. The highest BCUT2D eigenvalue weighted by atomic mass is 32.2. The topological polar surface area (TPSA) is 51.4 Å². The summed E-state index contributed by atoms with van der Waals surface area (Å²) in [6, 6.07) is 1.31. The van der Waals surface area contributed by atoms with Gasteiger partial charge in [-0.15, -0.1) is 0 Å². The van der Waals surface area contributed by atoms with E-state index in [1.165, 1.54) is 16.7 Å². The summed E-state index contributed by atoms with van der Waals surface area (Å²) in [5.41, 5.74) is 1.06. The molecule has 0 aliphatic carbocycles. The Morgan fingerprint density at radius 3 is 2.73 bits per heavy atom. The van der Waals surface area contributed by atoms with Gasteiger partial charge in [-0.1, -0.05) is 0 Å². The van der Waals surface area contributed by atoms with Gasteiger partial charge >= 0.3 is 0 Å². The lowest BCUT2D eigenvalue weighted by molar-refractivity contribution is 0.593. The quantitative estimate of drug-likeness (QED) is 0.736. The number of hydrogen-bond acceptors (Lipinski definition) is 3. The Labute approximate surface area is 86.3 Å². The number of hydrogen-bond donors (Lipinski definition) is 0. The minimum absolute atomic E-state index is 0.0000926. The molecule has 0 N–H and O–H groups in total. The summed E-state index contributed by atoms with van der Waals surface area (Å²) < 4.78 is 37.0. The second kappa shape index (κ2) is 3.03. The monoisotopic (exact) mass is 228 g/mol. The molecule has 0 aromatic carbocycles. The molecule has 15 heavy (non-hydrogen) atoms. The number of fused-ring (bicyclic) bond motifs is 1. The first-order chi connectivity index (χ1) is 6.89. The maximum Gasteiger partial charge on any atom is 0.192 e. The fourth-order valence-corrected chi connectivity index (χ4v) is 2.21. The van der Waals surface area contributed by atoms with Crippen molar-refractivity contribution in [2.24, 2.45) is 0 Å². The Hall–Kier alpha value is -1.43. The van der Waals surface area contributed by atoms with Gasteiger partial charge in [0.1, 0.15) is 11.5 Å². The van der Waals surface area contributed by atoms with E-state index in [0.717, 1.165) is 12.5 Å². The van der Waals surface area contributed by atoms with Crippen LogP contribution in [-0.4, -0.2) is 24.1 Å². The third kappa shape index (κ3) is 1.61. The number of aryl methyl sites for hydroxylation is 1. The Morgan fingerprint density at radius 2 is 2.13 bits per heavy atom. The van der Waals surface area contributed by atoms with Crippen molar-refractivity contribution in [1.29, 1.82) is 0 Å². The van der Waals surface area contributed by atoms with Crippen LogP contribution in [0, 0.1) is 12.7 Å². The summed E-state index contributed by atoms with van der Waals surface area (Å²) in [4.78, 5) is 3.94. The third-order valence-electron chi connectivity index (χ3n) is 2.10. The number of rotatable bonds is 1. The van der Waals surface area contributed by atoms with E-state index in [1.54, 1.807) is 6.92 Å². The molecule has 0 saturated heterocycles. The van der Waals surface area contributed by atoms with Gasteiger partial charge in [0.2, 0.25) is 0 Å². The van der Waals surface area contributed by atoms with E-state index in [2.05, 4.69) is 4.98 Å². The van der Waals surface area contributed by atoms with Crippen molar-refractivity contribution in [3.8, 4) is 0 Å². The summed E-state index contributed by atoms with van der Waals surface area (Å²) in [5, 5.41) is 0.0000926. The SMILES string of the molecule is Cc1cc(F)cn2c(S(C)(=O)=O)cnc12. The minimum Gasteiger partial charge on any atom is -0.287 e. The van der Waals surface area contributed by atoms with Gasteiger partial charge in [-0.05, 0) is 18.6 Å². The van der Waals surface area contributed by atoms with E-state index in [4.69, 9.17) is 0 Å². The third-order valence-corrected chi connectivity index (χ3v) is 3.16. The predicted octanol–water partition coefficient (Wildman–Crippen LogP) is 1.19. The van der Waals surface area contributed by atoms with Crippen LogP contribution in [0.1, 0.15) is 5.56 Å². The number of aromatic nitrogens is 2. The van der Waals surface area contributed by atoms with E-state index in [0.29, 0.717) is 11.2 Å². The maximum absolute atomic E-state index is 13.1. The largest absolute Gasteiger partial charge is 0.287 e. The smallest absolute Gasteiger partial charge is 0.192 e. The Balaban J connectivity index is 2.92. The summed E-state index contributed by atoms with van der Waals surface area (Å²) in [7, 11) is -3.39. The molecule has 0 aliphatic rings. The van der Waals surface area contributed by atoms with Crippen LogP contribution < -0.4 is 0 Å². The standard InChI is InChI=1S/C9H9FN2O2S/c1-6-3-7(10)5-12-8(15(2,13)14)4-11-9(6)12/h3-5H,1-2H3. The molecule has 0 bridgehead atoms. The van der Waals surface area contributed by atoms with Crippen molar-refractivity contribution >= 4 is 15.5 Å². The van der Waals surface area contributed by atoms with Crippen molar-refractivity contribution in [2.75, 3.05) is 6.26 Å². The van der Waals surface area contributed by atoms with Crippen molar-refractivity contribution in [3.63, 3.8) is 0 Å². The molecule has 0 aliphatic heterocycles. The van der Waals surface area contributed by atoms with Crippen LogP contribution in [-0.2, 0) is 9.84 Å². The molecular weight excluding hydrogens is 219 g/mol. The second-order valence-corrected chi connectivity index (χ2v) is 5.37. The van der Waals surface area contributed by atoms with E-state index in [1.807, 2.05) is 0 Å². The highest BCUT2D eigenvalue weighted by Gasteiger charge is 2.15. The lowest BCUT2D eigenvalue weighted by Crippen LogP contribution is -2.02. The van der Waals surface area contributed by atoms with Gasteiger partial charge in [0.25, 0.3) is 0 Å².